The van der Waals surface area contributed by atoms with E-state index in [0.29, 0.717) is 18.5 Å². The van der Waals surface area contributed by atoms with Gasteiger partial charge in [0.05, 0.1) is 29.1 Å². The molecular formula is C30H26N2O5. The monoisotopic (exact) mass is 494 g/mol. The fourth-order valence-corrected chi connectivity index (χ4v) is 5.72. The van der Waals surface area contributed by atoms with Gasteiger partial charge in [-0.15, -0.1) is 0 Å². The van der Waals surface area contributed by atoms with Crippen LogP contribution in [-0.4, -0.2) is 30.2 Å². The van der Waals surface area contributed by atoms with E-state index >= 15 is 0 Å². The minimum absolute atomic E-state index is 0.0561. The lowest BCUT2D eigenvalue weighted by atomic mass is 9.82. The average molecular weight is 495 g/mol. The molecule has 2 fully saturated rings. The maximum absolute atomic E-state index is 13.1. The van der Waals surface area contributed by atoms with Gasteiger partial charge in [0.1, 0.15) is 5.75 Å². The largest absolute Gasteiger partial charge is 0.426 e. The third-order valence-electron chi connectivity index (χ3n) is 7.63. The molecule has 0 N–H and O–H groups in total. The smallest absolute Gasteiger partial charge is 0.316 e. The van der Waals surface area contributed by atoms with Crippen LogP contribution >= 0.6 is 0 Å². The van der Waals surface area contributed by atoms with Gasteiger partial charge in [-0.2, -0.15) is 0 Å². The lowest BCUT2D eigenvalue weighted by Crippen LogP contribution is -2.31. The van der Waals surface area contributed by atoms with Gasteiger partial charge in [-0.3, -0.25) is 19.2 Å². The highest BCUT2D eigenvalue weighted by atomic mass is 16.5. The highest BCUT2D eigenvalue weighted by molar-refractivity contribution is 6.22. The summed E-state index contributed by atoms with van der Waals surface area (Å²) in [7, 11) is 0. The molecule has 0 aromatic heterocycles. The van der Waals surface area contributed by atoms with Gasteiger partial charge < -0.3 is 9.64 Å². The molecule has 3 amide bonds. The fraction of sp³-hybridized carbons (Fsp3) is 0.267. The van der Waals surface area contributed by atoms with Gasteiger partial charge in [0.25, 0.3) is 0 Å². The van der Waals surface area contributed by atoms with Gasteiger partial charge in [0.15, 0.2) is 0 Å². The summed E-state index contributed by atoms with van der Waals surface area (Å²) in [6, 6.07) is 20.1. The molecule has 0 spiro atoms. The van der Waals surface area contributed by atoms with Crippen LogP contribution in [0.4, 0.5) is 11.4 Å². The summed E-state index contributed by atoms with van der Waals surface area (Å²) in [6.45, 7) is 2.20. The van der Waals surface area contributed by atoms with E-state index < -0.39 is 11.9 Å². The summed E-state index contributed by atoms with van der Waals surface area (Å²) in [5.74, 6) is -2.13. The number of ether oxygens (including phenoxy) is 1. The Morgan fingerprint density at radius 3 is 2.51 bits per heavy atom. The first kappa shape index (κ1) is 23.2. The Labute approximate surface area is 214 Å². The van der Waals surface area contributed by atoms with E-state index in [1.54, 1.807) is 29.2 Å². The van der Waals surface area contributed by atoms with E-state index in [1.807, 2.05) is 55.5 Å². The van der Waals surface area contributed by atoms with Gasteiger partial charge in [-0.1, -0.05) is 54.1 Å². The number of anilines is 2. The molecule has 3 aliphatic rings. The number of imide groups is 1. The number of amides is 3. The van der Waals surface area contributed by atoms with E-state index in [0.717, 1.165) is 22.0 Å². The zero-order chi connectivity index (χ0) is 25.7. The van der Waals surface area contributed by atoms with Gasteiger partial charge in [-0.05, 0) is 43.4 Å². The number of esters is 1. The van der Waals surface area contributed by atoms with E-state index in [4.69, 9.17) is 4.74 Å². The van der Waals surface area contributed by atoms with Crippen molar-refractivity contribution in [2.45, 2.75) is 26.2 Å². The molecule has 37 heavy (non-hydrogen) atoms. The topological polar surface area (TPSA) is 84.0 Å². The van der Waals surface area contributed by atoms with E-state index in [9.17, 15) is 19.2 Å². The molecule has 186 valence electrons. The Morgan fingerprint density at radius 2 is 1.65 bits per heavy atom. The summed E-state index contributed by atoms with van der Waals surface area (Å²) in [4.78, 5) is 54.9. The van der Waals surface area contributed by atoms with E-state index in [-0.39, 0.29) is 48.3 Å². The van der Waals surface area contributed by atoms with Crippen molar-refractivity contribution in [1.82, 2.24) is 0 Å². The summed E-state index contributed by atoms with van der Waals surface area (Å²) in [5.41, 5.74) is 2.29. The van der Waals surface area contributed by atoms with Crippen molar-refractivity contribution in [3.05, 3.63) is 78.4 Å². The van der Waals surface area contributed by atoms with E-state index in [2.05, 4.69) is 0 Å². The number of rotatable bonds is 4. The number of nitrogens with zero attached hydrogens (tertiary/aromatic N) is 2. The third kappa shape index (κ3) is 4.00. The molecule has 0 saturated carbocycles. The molecular weight excluding hydrogens is 468 g/mol. The van der Waals surface area contributed by atoms with Crippen molar-refractivity contribution in [3.8, 4) is 5.75 Å². The lowest BCUT2D eigenvalue weighted by molar-refractivity contribution is -0.139. The van der Waals surface area contributed by atoms with Crippen LogP contribution in [0.2, 0.25) is 0 Å². The molecule has 3 aromatic carbocycles. The van der Waals surface area contributed by atoms with Crippen molar-refractivity contribution >= 4 is 45.8 Å². The second kappa shape index (κ2) is 9.00. The van der Waals surface area contributed by atoms with Crippen LogP contribution in [0.3, 0.4) is 0 Å². The van der Waals surface area contributed by atoms with Gasteiger partial charge in [-0.25, -0.2) is 4.90 Å². The summed E-state index contributed by atoms with van der Waals surface area (Å²) < 4.78 is 5.65. The van der Waals surface area contributed by atoms with Crippen molar-refractivity contribution in [3.63, 3.8) is 0 Å². The van der Waals surface area contributed by atoms with Crippen LogP contribution in [0, 0.1) is 17.8 Å². The van der Waals surface area contributed by atoms with Crippen LogP contribution in [0.1, 0.15) is 26.2 Å². The van der Waals surface area contributed by atoms with Crippen LogP contribution < -0.4 is 14.5 Å². The number of allylic oxidation sites excluding steroid dienone is 2. The number of benzene rings is 3. The first-order chi connectivity index (χ1) is 17.9. The molecule has 2 heterocycles. The summed E-state index contributed by atoms with van der Waals surface area (Å²) in [5, 5.41) is 1.97. The lowest BCUT2D eigenvalue weighted by Gasteiger charge is -2.19. The van der Waals surface area contributed by atoms with Gasteiger partial charge in [0, 0.05) is 24.4 Å². The maximum Gasteiger partial charge on any atom is 0.316 e. The minimum Gasteiger partial charge on any atom is -0.426 e. The molecule has 7 heteroatoms. The second-order valence-electron chi connectivity index (χ2n) is 10.0. The van der Waals surface area contributed by atoms with Gasteiger partial charge >= 0.3 is 5.97 Å². The van der Waals surface area contributed by atoms with E-state index in [1.165, 1.54) is 4.90 Å². The predicted molar refractivity (Wildman–Crippen MR) is 139 cm³/mol. The molecule has 0 bridgehead atoms. The molecule has 3 aromatic rings. The Kier molecular flexibility index (Phi) is 5.63. The van der Waals surface area contributed by atoms with Crippen molar-refractivity contribution < 1.29 is 23.9 Å². The molecule has 2 aliphatic heterocycles. The maximum atomic E-state index is 13.1. The molecule has 0 unspecified atom stereocenters. The van der Waals surface area contributed by atoms with Crippen LogP contribution in [0.5, 0.6) is 5.75 Å². The van der Waals surface area contributed by atoms with Crippen LogP contribution in [0.15, 0.2) is 78.4 Å². The number of hydrogen-bond donors (Lipinski definition) is 0. The quantitative estimate of drug-likeness (QED) is 0.228. The number of carbonyl (C=O) groups excluding carboxylic acids is 4. The third-order valence-corrected chi connectivity index (χ3v) is 7.63. The molecule has 6 rings (SSSR count). The summed E-state index contributed by atoms with van der Waals surface area (Å²) >= 11 is 0. The molecule has 3 atom stereocenters. The normalized spacial score (nSPS) is 23.4. The Hall–Kier alpha value is -4.26. The molecule has 1 aliphatic carbocycles. The highest BCUT2D eigenvalue weighted by Crippen LogP contribution is 2.40. The van der Waals surface area contributed by atoms with Crippen molar-refractivity contribution in [1.29, 1.82) is 0 Å². The highest BCUT2D eigenvalue weighted by Gasteiger charge is 2.48. The van der Waals surface area contributed by atoms with Crippen molar-refractivity contribution in [2.24, 2.45) is 17.8 Å². The van der Waals surface area contributed by atoms with Crippen LogP contribution in [-0.2, 0) is 19.2 Å². The van der Waals surface area contributed by atoms with Gasteiger partial charge in [0.2, 0.25) is 17.7 Å². The summed E-state index contributed by atoms with van der Waals surface area (Å²) in [6.07, 6.45) is 3.23. The molecule has 2 saturated heterocycles. The van der Waals surface area contributed by atoms with Crippen LogP contribution in [0.25, 0.3) is 10.8 Å². The Balaban J connectivity index is 1.18. The predicted octanol–water partition coefficient (Wildman–Crippen LogP) is 4.64. The SMILES string of the molecule is CC1=CC[C@@H]2C(=O)N(c3cccc(OC(=O)[C@@H]4CC(=O)N(c5cccc6ccccc56)C4)c3)C(=O)[C@@H]2C1. The Bertz CT molecular complexity index is 1490. The fourth-order valence-electron chi connectivity index (χ4n) is 5.72. The first-order valence-corrected chi connectivity index (χ1v) is 12.5. The molecule has 7 nitrogen and oxygen atoms in total. The number of carbonyl (C=O) groups is 4. The van der Waals surface area contributed by atoms with Crippen molar-refractivity contribution in [2.75, 3.05) is 16.3 Å². The second-order valence-corrected chi connectivity index (χ2v) is 10.0. The zero-order valence-electron chi connectivity index (χ0n) is 20.4. The zero-order valence-corrected chi connectivity index (χ0v) is 20.4. The minimum atomic E-state index is -0.623. The number of hydrogen-bond acceptors (Lipinski definition) is 5. The Morgan fingerprint density at radius 1 is 0.892 bits per heavy atom. The standard InChI is InChI=1S/C30H26N2O5/c1-18-12-13-24-25(14-18)29(35)32(28(24)34)21-8-5-9-22(16-21)37-30(36)20-15-27(33)31(17-20)26-11-4-7-19-6-2-3-10-23(19)26/h2-12,16,20,24-25H,13-15,17H2,1H3/t20-,24+,25-/m1/s1. The average Bonchev–Trinajstić information content (AvgIpc) is 3.40. The first-order valence-electron chi connectivity index (χ1n) is 12.5. The number of fused-ring (bicyclic) bond motifs is 2. The molecule has 0 radical (unpaired) electrons.